The SMILES string of the molecule is CCOc1ccc(-c2nn(-c3ccccc3)cc2/C=C2/C(=O)N(Cc3ccco3)C(=O)C(C#N)=C2C)cc1F. The number of nitriles is 1. The van der Waals surface area contributed by atoms with Gasteiger partial charge in [-0.05, 0) is 68.0 Å². The second kappa shape index (κ2) is 10.6. The topological polar surface area (TPSA) is 101 Å². The van der Waals surface area contributed by atoms with Crippen LogP contribution in [0.1, 0.15) is 25.2 Å². The van der Waals surface area contributed by atoms with Gasteiger partial charge >= 0.3 is 0 Å². The van der Waals surface area contributed by atoms with E-state index in [9.17, 15) is 19.2 Å². The third-order valence-corrected chi connectivity index (χ3v) is 6.29. The van der Waals surface area contributed by atoms with Gasteiger partial charge in [-0.2, -0.15) is 10.4 Å². The highest BCUT2D eigenvalue weighted by atomic mass is 19.1. The zero-order chi connectivity index (χ0) is 27.5. The minimum Gasteiger partial charge on any atom is -0.491 e. The summed E-state index contributed by atoms with van der Waals surface area (Å²) >= 11 is 0. The number of amides is 2. The lowest BCUT2D eigenvalue weighted by molar-refractivity contribution is -0.141. The molecular formula is C30H23FN4O4. The molecule has 9 heteroatoms. The van der Waals surface area contributed by atoms with Crippen molar-refractivity contribution in [2.75, 3.05) is 6.61 Å². The quantitative estimate of drug-likeness (QED) is 0.236. The summed E-state index contributed by atoms with van der Waals surface area (Å²) in [4.78, 5) is 27.5. The fourth-order valence-electron chi connectivity index (χ4n) is 4.34. The van der Waals surface area contributed by atoms with E-state index in [1.54, 1.807) is 49.0 Å². The number of carbonyl (C=O) groups excluding carboxylic acids is 2. The molecule has 0 atom stereocenters. The molecule has 1 aliphatic heterocycles. The Balaban J connectivity index is 1.66. The molecule has 8 nitrogen and oxygen atoms in total. The van der Waals surface area contributed by atoms with Crippen LogP contribution in [0.4, 0.5) is 4.39 Å². The first-order valence-electron chi connectivity index (χ1n) is 12.2. The van der Waals surface area contributed by atoms with E-state index in [1.807, 2.05) is 36.4 Å². The smallest absolute Gasteiger partial charge is 0.272 e. The molecule has 2 amide bonds. The van der Waals surface area contributed by atoms with Gasteiger partial charge in [0.15, 0.2) is 11.6 Å². The molecule has 0 unspecified atom stereocenters. The standard InChI is InChI=1S/C30H23FN4O4/c1-3-38-27-12-11-20(15-26(27)31)28-21(17-35(33-28)22-8-5-4-6-9-22)14-24-19(2)25(16-32)30(37)34(29(24)36)18-23-10-7-13-39-23/h4-15,17H,3,18H2,1-2H3/b24-14+. The largest absolute Gasteiger partial charge is 0.491 e. The Kier molecular flexibility index (Phi) is 6.93. The van der Waals surface area contributed by atoms with E-state index in [-0.39, 0.29) is 29.0 Å². The fourth-order valence-corrected chi connectivity index (χ4v) is 4.34. The highest BCUT2D eigenvalue weighted by molar-refractivity contribution is 6.19. The van der Waals surface area contributed by atoms with Crippen molar-refractivity contribution in [3.8, 4) is 28.8 Å². The molecule has 0 bridgehead atoms. The number of para-hydroxylation sites is 1. The lowest BCUT2D eigenvalue weighted by Gasteiger charge is -2.26. The van der Waals surface area contributed by atoms with E-state index < -0.39 is 17.6 Å². The number of furan rings is 1. The van der Waals surface area contributed by atoms with E-state index in [4.69, 9.17) is 14.3 Å². The Morgan fingerprint density at radius 1 is 1.10 bits per heavy atom. The lowest BCUT2D eigenvalue weighted by atomic mass is 9.93. The van der Waals surface area contributed by atoms with E-state index >= 15 is 0 Å². The zero-order valence-corrected chi connectivity index (χ0v) is 21.2. The van der Waals surface area contributed by atoms with Crippen LogP contribution in [0.2, 0.25) is 0 Å². The van der Waals surface area contributed by atoms with Crippen molar-refractivity contribution in [1.29, 1.82) is 5.26 Å². The molecule has 1 aliphatic rings. The number of nitrogens with zero attached hydrogens (tertiary/aromatic N) is 4. The number of hydrogen-bond donors (Lipinski definition) is 0. The van der Waals surface area contributed by atoms with Crippen molar-refractivity contribution in [3.63, 3.8) is 0 Å². The number of halogens is 1. The fraction of sp³-hybridized carbons (Fsp3) is 0.133. The molecule has 39 heavy (non-hydrogen) atoms. The molecule has 0 radical (unpaired) electrons. The number of rotatable bonds is 7. The van der Waals surface area contributed by atoms with Gasteiger partial charge in [0, 0.05) is 22.9 Å². The van der Waals surface area contributed by atoms with Gasteiger partial charge in [-0.1, -0.05) is 18.2 Å². The Morgan fingerprint density at radius 3 is 2.56 bits per heavy atom. The highest BCUT2D eigenvalue weighted by Gasteiger charge is 2.36. The van der Waals surface area contributed by atoms with Crippen LogP contribution in [-0.2, 0) is 16.1 Å². The summed E-state index contributed by atoms with van der Waals surface area (Å²) in [6.07, 6.45) is 4.73. The number of imide groups is 1. The van der Waals surface area contributed by atoms with Crippen molar-refractivity contribution in [1.82, 2.24) is 14.7 Å². The minimum atomic E-state index is -0.692. The number of hydrogen-bond acceptors (Lipinski definition) is 6. The van der Waals surface area contributed by atoms with Crippen molar-refractivity contribution < 1.29 is 23.1 Å². The van der Waals surface area contributed by atoms with Crippen LogP contribution >= 0.6 is 0 Å². The van der Waals surface area contributed by atoms with E-state index in [1.165, 1.54) is 18.4 Å². The average Bonchev–Trinajstić information content (AvgIpc) is 3.61. The predicted molar refractivity (Wildman–Crippen MR) is 141 cm³/mol. The minimum absolute atomic E-state index is 0.121. The summed E-state index contributed by atoms with van der Waals surface area (Å²) in [6.45, 7) is 3.52. The maximum atomic E-state index is 14.8. The summed E-state index contributed by atoms with van der Waals surface area (Å²) in [5.41, 5.74) is 2.38. The zero-order valence-electron chi connectivity index (χ0n) is 21.2. The number of aromatic nitrogens is 2. The highest BCUT2D eigenvalue weighted by Crippen LogP contribution is 2.33. The normalized spacial score (nSPS) is 14.7. The summed E-state index contributed by atoms with van der Waals surface area (Å²) in [6, 6.07) is 19.1. The molecule has 2 aromatic heterocycles. The Bertz CT molecular complexity index is 1660. The molecule has 0 aliphatic carbocycles. The van der Waals surface area contributed by atoms with Gasteiger partial charge in [-0.25, -0.2) is 9.07 Å². The van der Waals surface area contributed by atoms with Crippen LogP contribution in [0.15, 0.2) is 94.3 Å². The first kappa shape index (κ1) is 25.4. The van der Waals surface area contributed by atoms with E-state index in [0.717, 1.165) is 10.6 Å². The number of ether oxygens (including phenoxy) is 1. The van der Waals surface area contributed by atoms with Crippen LogP contribution in [0, 0.1) is 17.1 Å². The second-order valence-corrected chi connectivity index (χ2v) is 8.74. The number of benzene rings is 2. The molecule has 3 heterocycles. The summed E-state index contributed by atoms with van der Waals surface area (Å²) in [7, 11) is 0. The Morgan fingerprint density at radius 2 is 1.90 bits per heavy atom. The van der Waals surface area contributed by atoms with E-state index in [0.29, 0.717) is 29.2 Å². The maximum absolute atomic E-state index is 14.8. The van der Waals surface area contributed by atoms with Gasteiger partial charge in [0.1, 0.15) is 23.1 Å². The third kappa shape index (κ3) is 4.88. The molecule has 4 aromatic rings. The Hall–Kier alpha value is -5.23. The number of carbonyl (C=O) groups is 2. The first-order chi connectivity index (χ1) is 18.9. The van der Waals surface area contributed by atoms with Gasteiger partial charge in [0.05, 0.1) is 25.1 Å². The molecule has 0 spiro atoms. The predicted octanol–water partition coefficient (Wildman–Crippen LogP) is 5.46. The van der Waals surface area contributed by atoms with Gasteiger partial charge < -0.3 is 9.15 Å². The molecular weight excluding hydrogens is 499 g/mol. The molecule has 0 fully saturated rings. The molecule has 194 valence electrons. The molecule has 0 saturated carbocycles. The third-order valence-electron chi connectivity index (χ3n) is 6.29. The van der Waals surface area contributed by atoms with Crippen LogP contribution in [0.25, 0.3) is 23.0 Å². The van der Waals surface area contributed by atoms with Crippen molar-refractivity contribution in [2.24, 2.45) is 0 Å². The van der Waals surface area contributed by atoms with E-state index in [2.05, 4.69) is 0 Å². The molecule has 2 aromatic carbocycles. The van der Waals surface area contributed by atoms with Gasteiger partial charge in [0.25, 0.3) is 11.8 Å². The van der Waals surface area contributed by atoms with Crippen LogP contribution in [-0.4, -0.2) is 33.1 Å². The summed E-state index contributed by atoms with van der Waals surface area (Å²) in [5, 5.41) is 14.4. The van der Waals surface area contributed by atoms with Gasteiger partial charge in [0.2, 0.25) is 0 Å². The van der Waals surface area contributed by atoms with Gasteiger partial charge in [-0.15, -0.1) is 0 Å². The van der Waals surface area contributed by atoms with Crippen LogP contribution < -0.4 is 4.74 Å². The second-order valence-electron chi connectivity index (χ2n) is 8.74. The lowest BCUT2D eigenvalue weighted by Crippen LogP contribution is -2.42. The van der Waals surface area contributed by atoms with Crippen molar-refractivity contribution in [3.05, 3.63) is 107 Å². The van der Waals surface area contributed by atoms with Crippen LogP contribution in [0.5, 0.6) is 5.75 Å². The average molecular weight is 523 g/mol. The van der Waals surface area contributed by atoms with Crippen molar-refractivity contribution >= 4 is 17.9 Å². The van der Waals surface area contributed by atoms with Crippen molar-refractivity contribution in [2.45, 2.75) is 20.4 Å². The molecule has 0 N–H and O–H groups in total. The Labute approximate surface area is 223 Å². The summed E-state index contributed by atoms with van der Waals surface area (Å²) in [5.74, 6) is -1.30. The maximum Gasteiger partial charge on any atom is 0.272 e. The summed E-state index contributed by atoms with van der Waals surface area (Å²) < 4.78 is 27.1. The molecule has 5 rings (SSSR count). The van der Waals surface area contributed by atoms with Crippen LogP contribution in [0.3, 0.4) is 0 Å². The monoisotopic (exact) mass is 522 g/mol. The first-order valence-corrected chi connectivity index (χ1v) is 12.2. The van der Waals surface area contributed by atoms with Gasteiger partial charge in [-0.3, -0.25) is 14.5 Å². The molecule has 0 saturated heterocycles.